The number of hydrogen-bond donors (Lipinski definition) is 1. The van der Waals surface area contributed by atoms with Gasteiger partial charge in [0, 0.05) is 45.9 Å². The summed E-state index contributed by atoms with van der Waals surface area (Å²) in [6, 6.07) is 8.68. The monoisotopic (exact) mass is 416 g/mol. The second-order valence-corrected chi connectivity index (χ2v) is 8.23. The lowest BCUT2D eigenvalue weighted by Gasteiger charge is -2.37. The maximum atomic E-state index is 6.02. The molecule has 3 fully saturated rings. The zero-order chi connectivity index (χ0) is 20.6. The predicted octanol–water partition coefficient (Wildman–Crippen LogP) is 1.86. The Hall–Kier alpha value is -1.67. The van der Waals surface area contributed by atoms with E-state index in [1.54, 1.807) is 0 Å². The number of rotatable bonds is 6. The van der Waals surface area contributed by atoms with Gasteiger partial charge in [-0.25, -0.2) is 4.99 Å². The van der Waals surface area contributed by atoms with E-state index in [9.17, 15) is 0 Å². The van der Waals surface area contributed by atoms with E-state index in [-0.39, 0.29) is 12.2 Å². The van der Waals surface area contributed by atoms with Crippen molar-refractivity contribution in [3.8, 4) is 0 Å². The van der Waals surface area contributed by atoms with Crippen LogP contribution < -0.4 is 5.32 Å². The molecular weight excluding hydrogens is 380 g/mol. The van der Waals surface area contributed by atoms with Gasteiger partial charge in [0.05, 0.1) is 32.5 Å². The molecule has 0 aromatic heterocycles. The van der Waals surface area contributed by atoms with E-state index < -0.39 is 0 Å². The highest BCUT2D eigenvalue weighted by Gasteiger charge is 2.32. The Balaban J connectivity index is 1.42. The van der Waals surface area contributed by atoms with Crippen LogP contribution in [0.2, 0.25) is 0 Å². The van der Waals surface area contributed by atoms with Gasteiger partial charge in [-0.3, -0.25) is 4.90 Å². The molecule has 2 unspecified atom stereocenters. The van der Waals surface area contributed by atoms with E-state index >= 15 is 0 Å². The Morgan fingerprint density at radius 1 is 1.03 bits per heavy atom. The lowest BCUT2D eigenvalue weighted by atomic mass is 10.1. The highest BCUT2D eigenvalue weighted by molar-refractivity contribution is 5.80. The fourth-order valence-electron chi connectivity index (χ4n) is 4.44. The summed E-state index contributed by atoms with van der Waals surface area (Å²) in [5.74, 6) is 0.977. The van der Waals surface area contributed by atoms with Crippen molar-refractivity contribution in [2.75, 3.05) is 59.2 Å². The fourth-order valence-corrected chi connectivity index (χ4v) is 4.44. The molecule has 3 saturated heterocycles. The van der Waals surface area contributed by atoms with Crippen molar-refractivity contribution in [1.29, 1.82) is 0 Å². The molecule has 0 spiro atoms. The minimum absolute atomic E-state index is 0.138. The van der Waals surface area contributed by atoms with E-state index in [1.165, 1.54) is 11.1 Å². The molecule has 3 aliphatic heterocycles. The third kappa shape index (κ3) is 5.72. The van der Waals surface area contributed by atoms with Crippen LogP contribution in [-0.2, 0) is 27.3 Å². The fraction of sp³-hybridized carbons (Fsp3) is 0.696. The number of nitrogens with one attached hydrogen (secondary N) is 1. The van der Waals surface area contributed by atoms with Crippen molar-refractivity contribution in [3.05, 3.63) is 35.4 Å². The predicted molar refractivity (Wildman–Crippen MR) is 118 cm³/mol. The van der Waals surface area contributed by atoms with Crippen LogP contribution in [0.25, 0.3) is 0 Å². The zero-order valence-corrected chi connectivity index (χ0v) is 18.2. The first-order chi connectivity index (χ1) is 14.8. The van der Waals surface area contributed by atoms with Crippen LogP contribution in [0.5, 0.6) is 0 Å². The number of ether oxygens (including phenoxy) is 3. The normalized spacial score (nSPS) is 26.2. The van der Waals surface area contributed by atoms with Crippen molar-refractivity contribution in [1.82, 2.24) is 15.1 Å². The summed E-state index contributed by atoms with van der Waals surface area (Å²) in [6.45, 7) is 11.6. The van der Waals surface area contributed by atoms with Crippen LogP contribution in [0.3, 0.4) is 0 Å². The second kappa shape index (κ2) is 11.1. The molecule has 1 aromatic carbocycles. The van der Waals surface area contributed by atoms with Crippen LogP contribution in [0.1, 0.15) is 30.9 Å². The third-order valence-electron chi connectivity index (χ3n) is 6.12. The first-order valence-corrected chi connectivity index (χ1v) is 11.5. The average Bonchev–Trinajstić information content (AvgIpc) is 3.33. The van der Waals surface area contributed by atoms with Crippen LogP contribution in [-0.4, -0.2) is 87.1 Å². The summed E-state index contributed by atoms with van der Waals surface area (Å²) in [4.78, 5) is 9.82. The lowest BCUT2D eigenvalue weighted by Crippen LogP contribution is -2.53. The zero-order valence-electron chi connectivity index (χ0n) is 18.2. The summed E-state index contributed by atoms with van der Waals surface area (Å²) in [7, 11) is 0. The first kappa shape index (κ1) is 21.6. The standard InChI is InChI=1S/C23H36N4O3/c1-2-24-23(27-11-15-30-22(18-27)21-8-5-12-29-21)25-16-19-6-3-4-7-20(19)17-26-9-13-28-14-10-26/h3-4,6-7,21-22H,2,5,8-18H2,1H3,(H,24,25). The molecule has 0 radical (unpaired) electrons. The topological polar surface area (TPSA) is 58.6 Å². The molecule has 0 bridgehead atoms. The van der Waals surface area contributed by atoms with Gasteiger partial charge in [-0.1, -0.05) is 24.3 Å². The number of hydrogen-bond acceptors (Lipinski definition) is 5. The summed E-state index contributed by atoms with van der Waals surface area (Å²) in [5.41, 5.74) is 2.65. The van der Waals surface area contributed by atoms with E-state index in [0.717, 1.165) is 84.5 Å². The molecule has 166 valence electrons. The number of benzene rings is 1. The van der Waals surface area contributed by atoms with E-state index in [1.807, 2.05) is 0 Å². The molecule has 3 heterocycles. The number of guanidine groups is 1. The first-order valence-electron chi connectivity index (χ1n) is 11.5. The molecule has 0 aliphatic carbocycles. The smallest absolute Gasteiger partial charge is 0.194 e. The maximum Gasteiger partial charge on any atom is 0.194 e. The molecule has 0 amide bonds. The van der Waals surface area contributed by atoms with Gasteiger partial charge in [0.15, 0.2) is 5.96 Å². The lowest BCUT2D eigenvalue weighted by molar-refractivity contribution is -0.0817. The van der Waals surface area contributed by atoms with Crippen LogP contribution in [0.4, 0.5) is 0 Å². The molecular formula is C23H36N4O3. The van der Waals surface area contributed by atoms with Gasteiger partial charge in [-0.2, -0.15) is 0 Å². The molecule has 4 rings (SSSR count). The van der Waals surface area contributed by atoms with Gasteiger partial charge in [-0.05, 0) is 30.9 Å². The Morgan fingerprint density at radius 2 is 1.83 bits per heavy atom. The summed E-state index contributed by atoms with van der Waals surface area (Å²) in [5, 5.41) is 3.49. The average molecular weight is 417 g/mol. The van der Waals surface area contributed by atoms with Gasteiger partial charge in [-0.15, -0.1) is 0 Å². The Bertz CT molecular complexity index is 687. The molecule has 7 nitrogen and oxygen atoms in total. The summed E-state index contributed by atoms with van der Waals surface area (Å²) >= 11 is 0. The quantitative estimate of drug-likeness (QED) is 0.564. The Kier molecular flexibility index (Phi) is 7.97. The Labute approximate surface area is 180 Å². The highest BCUT2D eigenvalue weighted by atomic mass is 16.5. The summed E-state index contributed by atoms with van der Waals surface area (Å²) < 4.78 is 17.4. The van der Waals surface area contributed by atoms with Crippen molar-refractivity contribution >= 4 is 5.96 Å². The van der Waals surface area contributed by atoms with Crippen LogP contribution in [0, 0.1) is 0 Å². The van der Waals surface area contributed by atoms with Crippen molar-refractivity contribution in [2.45, 2.75) is 45.1 Å². The highest BCUT2D eigenvalue weighted by Crippen LogP contribution is 2.21. The molecule has 2 atom stereocenters. The van der Waals surface area contributed by atoms with Crippen LogP contribution >= 0.6 is 0 Å². The molecule has 7 heteroatoms. The van der Waals surface area contributed by atoms with Gasteiger partial charge in [0.2, 0.25) is 0 Å². The number of morpholine rings is 2. The maximum absolute atomic E-state index is 6.02. The van der Waals surface area contributed by atoms with Crippen LogP contribution in [0.15, 0.2) is 29.3 Å². The minimum atomic E-state index is 0.138. The molecule has 3 aliphatic rings. The van der Waals surface area contributed by atoms with Crippen molar-refractivity contribution in [2.24, 2.45) is 4.99 Å². The van der Waals surface area contributed by atoms with Crippen molar-refractivity contribution < 1.29 is 14.2 Å². The van der Waals surface area contributed by atoms with Gasteiger partial charge in [0.25, 0.3) is 0 Å². The molecule has 1 N–H and O–H groups in total. The molecule has 0 saturated carbocycles. The SMILES string of the molecule is CCNC(=NCc1ccccc1CN1CCOCC1)N1CCOC(C2CCCO2)C1. The third-order valence-corrected chi connectivity index (χ3v) is 6.12. The largest absolute Gasteiger partial charge is 0.379 e. The van der Waals surface area contributed by atoms with Gasteiger partial charge in [0.1, 0.15) is 6.10 Å². The van der Waals surface area contributed by atoms with E-state index in [0.29, 0.717) is 6.54 Å². The second-order valence-electron chi connectivity index (χ2n) is 8.23. The van der Waals surface area contributed by atoms with Gasteiger partial charge >= 0.3 is 0 Å². The number of nitrogens with zero attached hydrogens (tertiary/aromatic N) is 3. The van der Waals surface area contributed by atoms with E-state index in [4.69, 9.17) is 19.2 Å². The Morgan fingerprint density at radius 3 is 2.60 bits per heavy atom. The molecule has 30 heavy (non-hydrogen) atoms. The minimum Gasteiger partial charge on any atom is -0.379 e. The molecule has 1 aromatic rings. The number of aliphatic imine (C=N–C) groups is 1. The van der Waals surface area contributed by atoms with Gasteiger partial charge < -0.3 is 24.4 Å². The van der Waals surface area contributed by atoms with E-state index in [2.05, 4.69) is 46.3 Å². The van der Waals surface area contributed by atoms with Crippen molar-refractivity contribution in [3.63, 3.8) is 0 Å². The summed E-state index contributed by atoms with van der Waals surface area (Å²) in [6.07, 6.45) is 2.60.